The van der Waals surface area contributed by atoms with Crippen molar-refractivity contribution < 1.29 is 5.11 Å². The third-order valence-corrected chi connectivity index (χ3v) is 4.95. The van der Waals surface area contributed by atoms with Crippen LogP contribution in [0, 0.1) is 5.41 Å². The van der Waals surface area contributed by atoms with Gasteiger partial charge >= 0.3 is 0 Å². The van der Waals surface area contributed by atoms with E-state index < -0.39 is 0 Å². The average molecular weight is 240 g/mol. The summed E-state index contributed by atoms with van der Waals surface area (Å²) in [7, 11) is 4.35. The van der Waals surface area contributed by atoms with E-state index >= 15 is 0 Å². The standard InChI is InChI=1S/C14H28N2O/c1-14(2)8-5-12(13(14)17)16-9-6-11(7-10-16)15(3)4/h11-13,17H,5-10H2,1-4H3. The second-order valence-corrected chi connectivity index (χ2v) is 6.77. The summed E-state index contributed by atoms with van der Waals surface area (Å²) in [6.07, 6.45) is 4.68. The molecule has 0 amide bonds. The van der Waals surface area contributed by atoms with E-state index in [1.165, 1.54) is 19.3 Å². The highest BCUT2D eigenvalue weighted by atomic mass is 16.3. The summed E-state index contributed by atoms with van der Waals surface area (Å²) >= 11 is 0. The van der Waals surface area contributed by atoms with Crippen LogP contribution in [-0.4, -0.2) is 60.3 Å². The second kappa shape index (κ2) is 4.87. The van der Waals surface area contributed by atoms with E-state index in [0.29, 0.717) is 6.04 Å². The van der Waals surface area contributed by atoms with Gasteiger partial charge in [-0.2, -0.15) is 0 Å². The number of hydrogen-bond acceptors (Lipinski definition) is 3. The van der Waals surface area contributed by atoms with Crippen molar-refractivity contribution in [3.05, 3.63) is 0 Å². The summed E-state index contributed by atoms with van der Waals surface area (Å²) in [6.45, 7) is 6.70. The van der Waals surface area contributed by atoms with Gasteiger partial charge in [-0.05, 0) is 45.2 Å². The lowest BCUT2D eigenvalue weighted by molar-refractivity contribution is 0.000368. The molecule has 3 nitrogen and oxygen atoms in total. The van der Waals surface area contributed by atoms with E-state index in [1.807, 2.05) is 0 Å². The molecule has 1 N–H and O–H groups in total. The highest BCUT2D eigenvalue weighted by molar-refractivity contribution is 4.97. The Labute approximate surface area is 106 Å². The number of rotatable bonds is 2. The Morgan fingerprint density at radius 3 is 2.12 bits per heavy atom. The molecule has 0 spiro atoms. The van der Waals surface area contributed by atoms with Crippen molar-refractivity contribution >= 4 is 0 Å². The molecular weight excluding hydrogens is 212 g/mol. The number of aliphatic hydroxyl groups is 1. The molecule has 1 aliphatic heterocycles. The fraction of sp³-hybridized carbons (Fsp3) is 1.00. The lowest BCUT2D eigenvalue weighted by Crippen LogP contribution is -2.50. The van der Waals surface area contributed by atoms with E-state index in [1.54, 1.807) is 0 Å². The van der Waals surface area contributed by atoms with Crippen LogP contribution in [0.4, 0.5) is 0 Å². The van der Waals surface area contributed by atoms with Gasteiger partial charge in [-0.1, -0.05) is 13.8 Å². The molecule has 1 saturated heterocycles. The van der Waals surface area contributed by atoms with Crippen molar-refractivity contribution in [1.29, 1.82) is 0 Å². The average Bonchev–Trinajstić information content (AvgIpc) is 2.55. The minimum atomic E-state index is -0.140. The molecule has 1 saturated carbocycles. The van der Waals surface area contributed by atoms with Crippen LogP contribution in [-0.2, 0) is 0 Å². The number of aliphatic hydroxyl groups excluding tert-OH is 1. The summed E-state index contributed by atoms with van der Waals surface area (Å²) < 4.78 is 0. The predicted molar refractivity (Wildman–Crippen MR) is 71.1 cm³/mol. The molecule has 2 aliphatic rings. The highest BCUT2D eigenvalue weighted by Gasteiger charge is 2.43. The van der Waals surface area contributed by atoms with Crippen LogP contribution in [0.3, 0.4) is 0 Å². The quantitative estimate of drug-likeness (QED) is 0.793. The Morgan fingerprint density at radius 2 is 1.71 bits per heavy atom. The molecule has 0 aromatic carbocycles. The van der Waals surface area contributed by atoms with Crippen molar-refractivity contribution in [1.82, 2.24) is 9.80 Å². The first kappa shape index (κ1) is 13.3. The van der Waals surface area contributed by atoms with Crippen molar-refractivity contribution in [3.8, 4) is 0 Å². The van der Waals surface area contributed by atoms with Gasteiger partial charge in [0.05, 0.1) is 6.10 Å². The topological polar surface area (TPSA) is 26.7 Å². The third kappa shape index (κ3) is 2.67. The van der Waals surface area contributed by atoms with Crippen LogP contribution in [0.2, 0.25) is 0 Å². The van der Waals surface area contributed by atoms with E-state index in [9.17, 15) is 5.11 Å². The van der Waals surface area contributed by atoms with Crippen LogP contribution in [0.15, 0.2) is 0 Å². The van der Waals surface area contributed by atoms with Crippen LogP contribution >= 0.6 is 0 Å². The fourth-order valence-corrected chi connectivity index (χ4v) is 3.46. The lowest BCUT2D eigenvalue weighted by atomic mass is 9.88. The first-order valence-electron chi connectivity index (χ1n) is 7.00. The minimum absolute atomic E-state index is 0.114. The van der Waals surface area contributed by atoms with Crippen molar-refractivity contribution in [3.63, 3.8) is 0 Å². The van der Waals surface area contributed by atoms with E-state index in [4.69, 9.17) is 0 Å². The first-order chi connectivity index (χ1) is 7.92. The molecular formula is C14H28N2O. The van der Waals surface area contributed by atoms with Crippen molar-refractivity contribution in [2.24, 2.45) is 5.41 Å². The Balaban J connectivity index is 1.90. The normalized spacial score (nSPS) is 35.6. The number of piperidine rings is 1. The molecule has 1 heterocycles. The molecule has 0 radical (unpaired) electrons. The van der Waals surface area contributed by atoms with Gasteiger partial charge in [0.15, 0.2) is 0 Å². The van der Waals surface area contributed by atoms with Crippen LogP contribution in [0.1, 0.15) is 39.5 Å². The molecule has 1 aliphatic carbocycles. The Kier molecular flexibility index (Phi) is 3.81. The third-order valence-electron chi connectivity index (χ3n) is 4.95. The molecule has 3 heteroatoms. The largest absolute Gasteiger partial charge is 0.391 e. The van der Waals surface area contributed by atoms with Gasteiger partial charge in [-0.25, -0.2) is 0 Å². The summed E-state index contributed by atoms with van der Waals surface area (Å²) in [4.78, 5) is 4.87. The zero-order valence-corrected chi connectivity index (χ0v) is 11.8. The van der Waals surface area contributed by atoms with Crippen LogP contribution < -0.4 is 0 Å². The van der Waals surface area contributed by atoms with E-state index in [2.05, 4.69) is 37.7 Å². The monoisotopic (exact) mass is 240 g/mol. The second-order valence-electron chi connectivity index (χ2n) is 6.77. The van der Waals surface area contributed by atoms with Gasteiger partial charge in [0.1, 0.15) is 0 Å². The molecule has 100 valence electrons. The molecule has 0 bridgehead atoms. The molecule has 2 unspecified atom stereocenters. The maximum atomic E-state index is 10.4. The summed E-state index contributed by atoms with van der Waals surface area (Å²) in [5, 5.41) is 10.4. The van der Waals surface area contributed by atoms with Crippen molar-refractivity contribution in [2.75, 3.05) is 27.2 Å². The Morgan fingerprint density at radius 1 is 1.12 bits per heavy atom. The maximum Gasteiger partial charge on any atom is 0.0746 e. The Hall–Kier alpha value is -0.120. The molecule has 0 aromatic heterocycles. The SMILES string of the molecule is CN(C)C1CCN(C2CCC(C)(C)C2O)CC1. The lowest BCUT2D eigenvalue weighted by Gasteiger charge is -2.40. The Bertz CT molecular complexity index is 257. The van der Waals surface area contributed by atoms with Crippen LogP contribution in [0.5, 0.6) is 0 Å². The summed E-state index contributed by atoms with van der Waals surface area (Å²) in [5.41, 5.74) is 0.114. The molecule has 2 rings (SSSR count). The molecule has 2 fully saturated rings. The van der Waals surface area contributed by atoms with Gasteiger partial charge in [0, 0.05) is 25.2 Å². The summed E-state index contributed by atoms with van der Waals surface area (Å²) in [5.74, 6) is 0. The number of hydrogen-bond donors (Lipinski definition) is 1. The minimum Gasteiger partial charge on any atom is -0.391 e. The smallest absolute Gasteiger partial charge is 0.0746 e. The summed E-state index contributed by atoms with van der Waals surface area (Å²) in [6, 6.07) is 1.14. The van der Waals surface area contributed by atoms with Gasteiger partial charge in [0.2, 0.25) is 0 Å². The van der Waals surface area contributed by atoms with Gasteiger partial charge < -0.3 is 10.0 Å². The number of nitrogens with zero attached hydrogens (tertiary/aromatic N) is 2. The zero-order chi connectivity index (χ0) is 12.6. The van der Waals surface area contributed by atoms with E-state index in [-0.39, 0.29) is 11.5 Å². The maximum absolute atomic E-state index is 10.4. The zero-order valence-electron chi connectivity index (χ0n) is 11.8. The first-order valence-corrected chi connectivity index (χ1v) is 7.00. The van der Waals surface area contributed by atoms with E-state index in [0.717, 1.165) is 25.6 Å². The molecule has 17 heavy (non-hydrogen) atoms. The van der Waals surface area contributed by atoms with Crippen LogP contribution in [0.25, 0.3) is 0 Å². The fourth-order valence-electron chi connectivity index (χ4n) is 3.46. The molecule has 2 atom stereocenters. The highest BCUT2D eigenvalue weighted by Crippen LogP contribution is 2.40. The molecule has 0 aromatic rings. The van der Waals surface area contributed by atoms with Crippen molar-refractivity contribution in [2.45, 2.75) is 57.7 Å². The van der Waals surface area contributed by atoms with Gasteiger partial charge in [0.25, 0.3) is 0 Å². The predicted octanol–water partition coefficient (Wildman–Crippen LogP) is 1.56. The van der Waals surface area contributed by atoms with Gasteiger partial charge in [-0.15, -0.1) is 0 Å². The van der Waals surface area contributed by atoms with Gasteiger partial charge in [-0.3, -0.25) is 4.90 Å². The number of likely N-dealkylation sites (tertiary alicyclic amines) is 1.